The van der Waals surface area contributed by atoms with Crippen LogP contribution < -0.4 is 10.1 Å². The fraction of sp³-hybridized carbons (Fsp3) is 0.533. The normalized spacial score (nSPS) is 10.1. The van der Waals surface area contributed by atoms with E-state index in [9.17, 15) is 4.79 Å². The third kappa shape index (κ3) is 6.28. The van der Waals surface area contributed by atoms with E-state index in [-0.39, 0.29) is 5.91 Å². The maximum atomic E-state index is 11.4. The van der Waals surface area contributed by atoms with Crippen molar-refractivity contribution >= 4 is 5.91 Å². The molecule has 0 atom stereocenters. The highest BCUT2D eigenvalue weighted by Gasteiger charge is 2.00. The van der Waals surface area contributed by atoms with Gasteiger partial charge in [-0.25, -0.2) is 0 Å². The van der Waals surface area contributed by atoms with Gasteiger partial charge < -0.3 is 10.1 Å². The Morgan fingerprint density at radius 3 is 2.89 bits per heavy atom. The Balaban J connectivity index is 2.09. The van der Waals surface area contributed by atoms with E-state index in [0.717, 1.165) is 25.0 Å². The molecule has 0 unspecified atom stereocenters. The standard InChI is InChI=1S/C15H23NO2/c1-3-4-5-9-15(17)16-10-11-18-14-8-6-7-13(2)12-14/h6-8,12H,3-5,9-11H2,1-2H3,(H,16,17). The van der Waals surface area contributed by atoms with E-state index in [1.807, 2.05) is 31.2 Å². The van der Waals surface area contributed by atoms with Crippen molar-refractivity contribution in [2.24, 2.45) is 0 Å². The monoisotopic (exact) mass is 249 g/mol. The molecule has 1 N–H and O–H groups in total. The van der Waals surface area contributed by atoms with Crippen LogP contribution in [0.25, 0.3) is 0 Å². The van der Waals surface area contributed by atoms with Gasteiger partial charge in [0.05, 0.1) is 6.54 Å². The number of carbonyl (C=O) groups excluding carboxylic acids is 1. The highest BCUT2D eigenvalue weighted by molar-refractivity contribution is 5.75. The van der Waals surface area contributed by atoms with E-state index >= 15 is 0 Å². The number of hydrogen-bond donors (Lipinski definition) is 1. The summed E-state index contributed by atoms with van der Waals surface area (Å²) in [4.78, 5) is 11.4. The van der Waals surface area contributed by atoms with Gasteiger partial charge in [0.25, 0.3) is 0 Å². The first-order valence-electron chi connectivity index (χ1n) is 6.68. The minimum atomic E-state index is 0.122. The van der Waals surface area contributed by atoms with Gasteiger partial charge in [0.1, 0.15) is 12.4 Å². The summed E-state index contributed by atoms with van der Waals surface area (Å²) in [7, 11) is 0. The molecule has 1 aromatic rings. The molecule has 0 saturated carbocycles. The molecule has 0 bridgehead atoms. The van der Waals surface area contributed by atoms with Crippen LogP contribution in [0.1, 0.15) is 38.2 Å². The van der Waals surface area contributed by atoms with Crippen LogP contribution in [0.4, 0.5) is 0 Å². The lowest BCUT2D eigenvalue weighted by Crippen LogP contribution is -2.27. The zero-order valence-electron chi connectivity index (χ0n) is 11.4. The number of benzene rings is 1. The highest BCUT2D eigenvalue weighted by Crippen LogP contribution is 2.11. The first-order valence-corrected chi connectivity index (χ1v) is 6.68. The number of rotatable bonds is 8. The maximum absolute atomic E-state index is 11.4. The van der Waals surface area contributed by atoms with Gasteiger partial charge >= 0.3 is 0 Å². The number of ether oxygens (including phenoxy) is 1. The van der Waals surface area contributed by atoms with Crippen molar-refractivity contribution in [2.45, 2.75) is 39.5 Å². The van der Waals surface area contributed by atoms with Gasteiger partial charge in [-0.2, -0.15) is 0 Å². The molecule has 0 aliphatic rings. The predicted molar refractivity (Wildman–Crippen MR) is 73.8 cm³/mol. The SMILES string of the molecule is CCCCCC(=O)NCCOc1cccc(C)c1. The molecule has 1 amide bonds. The molecule has 0 fully saturated rings. The Bertz CT molecular complexity index is 363. The summed E-state index contributed by atoms with van der Waals surface area (Å²) >= 11 is 0. The number of aryl methyl sites for hydroxylation is 1. The summed E-state index contributed by atoms with van der Waals surface area (Å²) in [5.41, 5.74) is 1.18. The van der Waals surface area contributed by atoms with Gasteiger partial charge in [-0.3, -0.25) is 4.79 Å². The third-order valence-corrected chi connectivity index (χ3v) is 2.69. The van der Waals surface area contributed by atoms with E-state index in [4.69, 9.17) is 4.74 Å². The second-order valence-corrected chi connectivity index (χ2v) is 4.47. The smallest absolute Gasteiger partial charge is 0.220 e. The summed E-state index contributed by atoms with van der Waals surface area (Å²) < 4.78 is 5.55. The average Bonchev–Trinajstić information content (AvgIpc) is 2.35. The van der Waals surface area contributed by atoms with Crippen LogP contribution in [0, 0.1) is 6.92 Å². The zero-order chi connectivity index (χ0) is 13.2. The molecule has 0 aromatic heterocycles. The van der Waals surface area contributed by atoms with Crippen LogP contribution in [0.3, 0.4) is 0 Å². The molecule has 1 rings (SSSR count). The van der Waals surface area contributed by atoms with E-state index < -0.39 is 0 Å². The second kappa shape index (κ2) is 8.56. The maximum Gasteiger partial charge on any atom is 0.220 e. The van der Waals surface area contributed by atoms with E-state index in [0.29, 0.717) is 19.6 Å². The molecule has 3 nitrogen and oxygen atoms in total. The first-order chi connectivity index (χ1) is 8.72. The zero-order valence-corrected chi connectivity index (χ0v) is 11.4. The van der Waals surface area contributed by atoms with Gasteiger partial charge in [0.2, 0.25) is 5.91 Å². The number of hydrogen-bond acceptors (Lipinski definition) is 2. The van der Waals surface area contributed by atoms with Gasteiger partial charge in [-0.1, -0.05) is 31.9 Å². The van der Waals surface area contributed by atoms with Crippen LogP contribution >= 0.6 is 0 Å². The Labute approximate surface area is 110 Å². The summed E-state index contributed by atoms with van der Waals surface area (Å²) in [5, 5.41) is 2.86. The quantitative estimate of drug-likeness (QED) is 0.719. The molecule has 0 aliphatic carbocycles. The van der Waals surface area contributed by atoms with Crippen molar-refractivity contribution in [3.05, 3.63) is 29.8 Å². The first kappa shape index (κ1) is 14.6. The van der Waals surface area contributed by atoms with E-state index in [2.05, 4.69) is 12.2 Å². The summed E-state index contributed by atoms with van der Waals surface area (Å²) in [6, 6.07) is 7.91. The molecular weight excluding hydrogens is 226 g/mol. The number of unbranched alkanes of at least 4 members (excludes halogenated alkanes) is 2. The topological polar surface area (TPSA) is 38.3 Å². The molecule has 0 aliphatic heterocycles. The Hall–Kier alpha value is -1.51. The molecule has 1 aromatic carbocycles. The van der Waals surface area contributed by atoms with Crippen molar-refractivity contribution in [3.8, 4) is 5.75 Å². The molecule has 0 heterocycles. The molecule has 3 heteroatoms. The van der Waals surface area contributed by atoms with Crippen molar-refractivity contribution in [2.75, 3.05) is 13.2 Å². The van der Waals surface area contributed by atoms with E-state index in [1.54, 1.807) is 0 Å². The van der Waals surface area contributed by atoms with Crippen LogP contribution in [-0.4, -0.2) is 19.1 Å². The van der Waals surface area contributed by atoms with Gasteiger partial charge in [-0.05, 0) is 31.0 Å². The Kier molecular flexibility index (Phi) is 6.92. The molecule has 100 valence electrons. The van der Waals surface area contributed by atoms with Crippen LogP contribution in [0.15, 0.2) is 24.3 Å². The van der Waals surface area contributed by atoms with Gasteiger partial charge in [-0.15, -0.1) is 0 Å². The van der Waals surface area contributed by atoms with Crippen LogP contribution in [0.5, 0.6) is 5.75 Å². The fourth-order valence-electron chi connectivity index (χ4n) is 1.69. The summed E-state index contributed by atoms with van der Waals surface area (Å²) in [5.74, 6) is 0.978. The minimum absolute atomic E-state index is 0.122. The molecular formula is C15H23NO2. The third-order valence-electron chi connectivity index (χ3n) is 2.69. The molecule has 0 radical (unpaired) electrons. The molecule has 0 saturated heterocycles. The fourth-order valence-corrected chi connectivity index (χ4v) is 1.69. The average molecular weight is 249 g/mol. The predicted octanol–water partition coefficient (Wildman–Crippen LogP) is 3.07. The van der Waals surface area contributed by atoms with Crippen molar-refractivity contribution in [1.82, 2.24) is 5.32 Å². The molecule has 0 spiro atoms. The highest BCUT2D eigenvalue weighted by atomic mass is 16.5. The number of carbonyl (C=O) groups is 1. The van der Waals surface area contributed by atoms with Crippen LogP contribution in [-0.2, 0) is 4.79 Å². The lowest BCUT2D eigenvalue weighted by molar-refractivity contribution is -0.121. The van der Waals surface area contributed by atoms with E-state index in [1.165, 1.54) is 5.56 Å². The van der Waals surface area contributed by atoms with Crippen molar-refractivity contribution < 1.29 is 9.53 Å². The van der Waals surface area contributed by atoms with Crippen molar-refractivity contribution in [1.29, 1.82) is 0 Å². The van der Waals surface area contributed by atoms with Crippen LogP contribution in [0.2, 0.25) is 0 Å². The van der Waals surface area contributed by atoms with Gasteiger partial charge in [0, 0.05) is 6.42 Å². The Morgan fingerprint density at radius 2 is 2.17 bits per heavy atom. The lowest BCUT2D eigenvalue weighted by Gasteiger charge is -2.08. The largest absolute Gasteiger partial charge is 0.492 e. The summed E-state index contributed by atoms with van der Waals surface area (Å²) in [6.45, 7) is 5.25. The van der Waals surface area contributed by atoms with Crippen molar-refractivity contribution in [3.63, 3.8) is 0 Å². The lowest BCUT2D eigenvalue weighted by atomic mass is 10.2. The Morgan fingerprint density at radius 1 is 1.33 bits per heavy atom. The summed E-state index contributed by atoms with van der Waals surface area (Å²) in [6.07, 6.45) is 3.86. The molecule has 18 heavy (non-hydrogen) atoms. The second-order valence-electron chi connectivity index (χ2n) is 4.47. The van der Waals surface area contributed by atoms with Gasteiger partial charge in [0.15, 0.2) is 0 Å². The number of nitrogens with one attached hydrogen (secondary N) is 1. The minimum Gasteiger partial charge on any atom is -0.492 e. The number of amides is 1.